The third-order valence-corrected chi connectivity index (χ3v) is 4.94. The number of guanidine groups is 1. The van der Waals surface area contributed by atoms with Gasteiger partial charge >= 0.3 is 0 Å². The average molecular weight is 402 g/mol. The predicted molar refractivity (Wildman–Crippen MR) is 106 cm³/mol. The lowest BCUT2D eigenvalue weighted by Gasteiger charge is -2.21. The highest BCUT2D eigenvalue weighted by Crippen LogP contribution is 2.33. The molecule has 4 nitrogen and oxygen atoms in total. The number of rotatable bonds is 5. The van der Waals surface area contributed by atoms with Crippen molar-refractivity contribution in [1.29, 1.82) is 0 Å². The molecule has 0 aromatic heterocycles. The van der Waals surface area contributed by atoms with Crippen LogP contribution < -0.4 is 10.6 Å². The number of nitrogens with zero attached hydrogens (tertiary/aromatic N) is 1. The van der Waals surface area contributed by atoms with Gasteiger partial charge in [0.2, 0.25) is 0 Å². The summed E-state index contributed by atoms with van der Waals surface area (Å²) in [5.41, 5.74) is 2.47. The van der Waals surface area contributed by atoms with Crippen molar-refractivity contribution in [2.75, 3.05) is 20.2 Å². The highest BCUT2D eigenvalue weighted by atomic mass is 79.9. The summed E-state index contributed by atoms with van der Waals surface area (Å²) in [6.45, 7) is 2.40. The van der Waals surface area contributed by atoms with E-state index in [1.54, 1.807) is 7.05 Å². The fourth-order valence-corrected chi connectivity index (χ4v) is 3.58. The van der Waals surface area contributed by atoms with Crippen LogP contribution in [0.3, 0.4) is 0 Å². The number of aliphatic imine (C=N–C) groups is 1. The van der Waals surface area contributed by atoms with Gasteiger partial charge in [-0.1, -0.05) is 58.4 Å². The Labute approximate surface area is 157 Å². The summed E-state index contributed by atoms with van der Waals surface area (Å²) in [5.74, 6) is 1.27. The number of nitrogens with one attached hydrogen (secondary N) is 2. The molecule has 0 radical (unpaired) electrons. The smallest absolute Gasteiger partial charge is 0.191 e. The molecule has 1 fully saturated rings. The van der Waals surface area contributed by atoms with Crippen LogP contribution in [0.2, 0.25) is 0 Å². The van der Waals surface area contributed by atoms with Gasteiger partial charge in [0.1, 0.15) is 0 Å². The number of benzene rings is 2. The van der Waals surface area contributed by atoms with Crippen LogP contribution in [0.4, 0.5) is 0 Å². The van der Waals surface area contributed by atoms with Crippen molar-refractivity contribution in [2.24, 2.45) is 10.9 Å². The van der Waals surface area contributed by atoms with Gasteiger partial charge in [-0.2, -0.15) is 0 Å². The Morgan fingerprint density at radius 3 is 2.76 bits per heavy atom. The van der Waals surface area contributed by atoms with Crippen molar-refractivity contribution < 1.29 is 4.74 Å². The topological polar surface area (TPSA) is 45.7 Å². The van der Waals surface area contributed by atoms with Gasteiger partial charge in [0.15, 0.2) is 5.96 Å². The van der Waals surface area contributed by atoms with E-state index < -0.39 is 0 Å². The summed E-state index contributed by atoms with van der Waals surface area (Å²) in [6, 6.07) is 18.7. The van der Waals surface area contributed by atoms with E-state index in [0.717, 1.165) is 36.5 Å². The Morgan fingerprint density at radius 2 is 2.00 bits per heavy atom. The largest absolute Gasteiger partial charge is 0.373 e. The Balaban J connectivity index is 1.52. The molecule has 0 aliphatic carbocycles. The lowest BCUT2D eigenvalue weighted by atomic mass is 9.95. The summed E-state index contributed by atoms with van der Waals surface area (Å²) in [4.78, 5) is 4.33. The molecular formula is C20H24BrN3O. The molecule has 2 unspecified atom stereocenters. The monoisotopic (exact) mass is 401 g/mol. The van der Waals surface area contributed by atoms with Crippen molar-refractivity contribution in [3.05, 3.63) is 70.2 Å². The minimum Gasteiger partial charge on any atom is -0.373 e. The second-order valence-corrected chi connectivity index (χ2v) is 7.10. The zero-order valence-electron chi connectivity index (χ0n) is 14.4. The second-order valence-electron chi connectivity index (χ2n) is 6.19. The first-order chi connectivity index (χ1) is 12.3. The number of ether oxygens (including phenoxy) is 1. The number of halogens is 1. The molecule has 1 aliphatic heterocycles. The SMILES string of the molecule is CN=C(NCc1cccc(Br)c1)NCC1CCOC1c1ccccc1. The average Bonchev–Trinajstić information content (AvgIpc) is 3.11. The van der Waals surface area contributed by atoms with Crippen LogP contribution in [0.1, 0.15) is 23.7 Å². The maximum absolute atomic E-state index is 5.95. The quantitative estimate of drug-likeness (QED) is 0.589. The zero-order chi connectivity index (χ0) is 17.5. The van der Waals surface area contributed by atoms with Gasteiger partial charge in [0, 0.05) is 37.1 Å². The van der Waals surface area contributed by atoms with E-state index in [1.165, 1.54) is 11.1 Å². The van der Waals surface area contributed by atoms with Crippen LogP contribution in [-0.2, 0) is 11.3 Å². The van der Waals surface area contributed by atoms with E-state index in [4.69, 9.17) is 4.74 Å². The molecule has 2 aromatic carbocycles. The molecule has 1 saturated heterocycles. The van der Waals surface area contributed by atoms with E-state index in [9.17, 15) is 0 Å². The standard InChI is InChI=1S/C20H24BrN3O/c1-22-20(23-13-15-6-5-9-18(21)12-15)24-14-17-10-11-25-19(17)16-7-3-2-4-8-16/h2-9,12,17,19H,10-11,13-14H2,1H3,(H2,22,23,24). The molecule has 0 amide bonds. The Morgan fingerprint density at radius 1 is 1.16 bits per heavy atom. The zero-order valence-corrected chi connectivity index (χ0v) is 16.0. The van der Waals surface area contributed by atoms with E-state index in [0.29, 0.717) is 5.92 Å². The van der Waals surface area contributed by atoms with Crippen LogP contribution in [0, 0.1) is 5.92 Å². The van der Waals surface area contributed by atoms with Gasteiger partial charge in [0.25, 0.3) is 0 Å². The molecule has 3 rings (SSSR count). The minimum atomic E-state index is 0.164. The van der Waals surface area contributed by atoms with Crippen molar-refractivity contribution in [1.82, 2.24) is 10.6 Å². The Hall–Kier alpha value is -1.85. The molecule has 2 atom stereocenters. The first-order valence-electron chi connectivity index (χ1n) is 8.62. The van der Waals surface area contributed by atoms with E-state index in [1.807, 2.05) is 18.2 Å². The number of hydrogen-bond acceptors (Lipinski definition) is 2. The van der Waals surface area contributed by atoms with Gasteiger partial charge in [-0.15, -0.1) is 0 Å². The molecule has 0 saturated carbocycles. The van der Waals surface area contributed by atoms with Gasteiger partial charge in [-0.3, -0.25) is 4.99 Å². The summed E-state index contributed by atoms with van der Waals surface area (Å²) in [5, 5.41) is 6.81. The first kappa shape index (κ1) is 18.0. The van der Waals surface area contributed by atoms with Crippen LogP contribution in [0.25, 0.3) is 0 Å². The summed E-state index contributed by atoms with van der Waals surface area (Å²) in [6.07, 6.45) is 1.23. The van der Waals surface area contributed by atoms with Gasteiger partial charge in [0.05, 0.1) is 6.10 Å². The summed E-state index contributed by atoms with van der Waals surface area (Å²) in [7, 11) is 1.80. The molecule has 0 bridgehead atoms. The maximum atomic E-state index is 5.95. The van der Waals surface area contributed by atoms with E-state index >= 15 is 0 Å². The van der Waals surface area contributed by atoms with Gasteiger partial charge in [-0.05, 0) is 29.7 Å². The second kappa shape index (κ2) is 9.02. The van der Waals surface area contributed by atoms with Crippen LogP contribution in [-0.4, -0.2) is 26.2 Å². The molecule has 2 N–H and O–H groups in total. The van der Waals surface area contributed by atoms with E-state index in [-0.39, 0.29) is 6.10 Å². The van der Waals surface area contributed by atoms with Gasteiger partial charge < -0.3 is 15.4 Å². The van der Waals surface area contributed by atoms with Crippen LogP contribution >= 0.6 is 15.9 Å². The molecule has 25 heavy (non-hydrogen) atoms. The third-order valence-electron chi connectivity index (χ3n) is 4.45. The molecule has 132 valence electrons. The molecular weight excluding hydrogens is 378 g/mol. The van der Waals surface area contributed by atoms with Crippen molar-refractivity contribution in [2.45, 2.75) is 19.1 Å². The Bertz CT molecular complexity index is 705. The molecule has 1 heterocycles. The minimum absolute atomic E-state index is 0.164. The van der Waals surface area contributed by atoms with Gasteiger partial charge in [-0.25, -0.2) is 0 Å². The summed E-state index contributed by atoms with van der Waals surface area (Å²) < 4.78 is 7.04. The maximum Gasteiger partial charge on any atom is 0.191 e. The van der Waals surface area contributed by atoms with Crippen molar-refractivity contribution in [3.8, 4) is 0 Å². The fourth-order valence-electron chi connectivity index (χ4n) is 3.14. The summed E-state index contributed by atoms with van der Waals surface area (Å²) >= 11 is 3.50. The fraction of sp³-hybridized carbons (Fsp3) is 0.350. The molecule has 1 aliphatic rings. The molecule has 2 aromatic rings. The lowest BCUT2D eigenvalue weighted by molar-refractivity contribution is 0.0915. The van der Waals surface area contributed by atoms with Crippen molar-refractivity contribution in [3.63, 3.8) is 0 Å². The highest BCUT2D eigenvalue weighted by Gasteiger charge is 2.29. The number of hydrogen-bond donors (Lipinski definition) is 2. The molecule has 5 heteroatoms. The van der Waals surface area contributed by atoms with E-state index in [2.05, 4.69) is 68.0 Å². The van der Waals surface area contributed by atoms with Crippen LogP contribution in [0.15, 0.2) is 64.1 Å². The highest BCUT2D eigenvalue weighted by molar-refractivity contribution is 9.10. The van der Waals surface area contributed by atoms with Crippen LogP contribution in [0.5, 0.6) is 0 Å². The lowest BCUT2D eigenvalue weighted by Crippen LogP contribution is -2.39. The third kappa shape index (κ3) is 5.06. The Kier molecular flexibility index (Phi) is 6.48. The van der Waals surface area contributed by atoms with Crippen molar-refractivity contribution >= 4 is 21.9 Å². The normalized spacial score (nSPS) is 20.5. The predicted octanol–water partition coefficient (Wildman–Crippen LogP) is 3.89. The molecule has 0 spiro atoms. The first-order valence-corrected chi connectivity index (χ1v) is 9.41.